The Bertz CT molecular complexity index is 536. The maximum atomic E-state index is 11.3. The molecule has 0 aliphatic rings. The van der Waals surface area contributed by atoms with Crippen LogP contribution in [0, 0.1) is 0 Å². The number of amides is 1. The largest absolute Gasteiger partial charge is 0.324 e. The van der Waals surface area contributed by atoms with Crippen LogP contribution in [-0.4, -0.2) is 21.8 Å². The molecule has 1 aromatic heterocycles. The molecule has 1 amide bonds. The maximum Gasteiger partial charge on any atom is 0.239 e. The third-order valence-electron chi connectivity index (χ3n) is 2.03. The number of nitrogens with one attached hydrogen (secondary N) is 1. The average molecular weight is 280 g/mol. The van der Waals surface area contributed by atoms with Crippen molar-refractivity contribution in [2.45, 2.75) is 10.1 Å². The smallest absolute Gasteiger partial charge is 0.239 e. The number of carbonyl (C=O) groups is 1. The predicted octanol–water partition coefficient (Wildman–Crippen LogP) is 2.81. The summed E-state index contributed by atoms with van der Waals surface area (Å²) in [5.74, 6) is -0.306. The Morgan fingerprint density at radius 3 is 2.67 bits per heavy atom. The Balaban J connectivity index is 2.20. The van der Waals surface area contributed by atoms with Crippen LogP contribution in [0.25, 0.3) is 0 Å². The van der Waals surface area contributed by atoms with E-state index < -0.39 is 0 Å². The van der Waals surface area contributed by atoms with Crippen molar-refractivity contribution in [1.82, 2.24) is 9.97 Å². The van der Waals surface area contributed by atoms with Gasteiger partial charge in [-0.2, -0.15) is 0 Å². The molecule has 18 heavy (non-hydrogen) atoms. The molecule has 0 fully saturated rings. The van der Waals surface area contributed by atoms with Crippen LogP contribution in [0.15, 0.2) is 52.8 Å². The molecule has 2 rings (SSSR count). The molecule has 6 heteroatoms. The van der Waals surface area contributed by atoms with Gasteiger partial charge in [-0.1, -0.05) is 12.1 Å². The van der Waals surface area contributed by atoms with E-state index in [1.807, 2.05) is 24.3 Å². The lowest BCUT2D eigenvalue weighted by molar-refractivity contribution is -0.113. The second-order valence-electron chi connectivity index (χ2n) is 3.31. The van der Waals surface area contributed by atoms with Crippen LogP contribution in [0.1, 0.15) is 0 Å². The van der Waals surface area contributed by atoms with Gasteiger partial charge in [0.25, 0.3) is 0 Å². The molecule has 0 unspecified atom stereocenters. The molecule has 1 heterocycles. The highest BCUT2D eigenvalue weighted by Gasteiger charge is 2.07. The van der Waals surface area contributed by atoms with Gasteiger partial charge in [-0.15, -0.1) is 11.6 Å². The molecule has 0 atom stereocenters. The highest BCUT2D eigenvalue weighted by molar-refractivity contribution is 7.99. The SMILES string of the molecule is O=C(CCl)Nc1ccccc1Sc1ncccn1. The molecule has 0 aliphatic carbocycles. The minimum atomic E-state index is -0.237. The number of nitrogens with zero attached hydrogens (tertiary/aromatic N) is 2. The lowest BCUT2D eigenvalue weighted by atomic mass is 10.3. The summed E-state index contributed by atoms with van der Waals surface area (Å²) < 4.78 is 0. The van der Waals surface area contributed by atoms with Crippen LogP contribution in [0.4, 0.5) is 5.69 Å². The second-order valence-corrected chi connectivity index (χ2v) is 4.59. The van der Waals surface area contributed by atoms with Gasteiger partial charge in [-0.3, -0.25) is 4.79 Å². The molecule has 0 radical (unpaired) electrons. The summed E-state index contributed by atoms with van der Waals surface area (Å²) in [6.45, 7) is 0. The third-order valence-corrected chi connectivity index (χ3v) is 3.24. The lowest BCUT2D eigenvalue weighted by Crippen LogP contribution is -2.13. The molecule has 0 saturated carbocycles. The normalized spacial score (nSPS) is 10.1. The van der Waals surface area contributed by atoms with Crippen LogP contribution in [0.5, 0.6) is 0 Å². The summed E-state index contributed by atoms with van der Waals surface area (Å²) in [4.78, 5) is 20.4. The fourth-order valence-corrected chi connectivity index (χ4v) is 2.15. The average Bonchev–Trinajstić information content (AvgIpc) is 2.42. The van der Waals surface area contributed by atoms with Gasteiger partial charge in [-0.25, -0.2) is 9.97 Å². The molecule has 4 nitrogen and oxygen atoms in total. The standard InChI is InChI=1S/C12H10ClN3OS/c13-8-11(17)16-9-4-1-2-5-10(9)18-12-14-6-3-7-15-12/h1-7H,8H2,(H,16,17). The summed E-state index contributed by atoms with van der Waals surface area (Å²) in [7, 11) is 0. The molecular weight excluding hydrogens is 270 g/mol. The first-order chi connectivity index (χ1) is 8.79. The molecule has 0 aliphatic heterocycles. The van der Waals surface area contributed by atoms with Gasteiger partial charge in [0, 0.05) is 17.3 Å². The minimum Gasteiger partial charge on any atom is -0.324 e. The van der Waals surface area contributed by atoms with Gasteiger partial charge in [-0.05, 0) is 30.0 Å². The number of para-hydroxylation sites is 1. The number of hydrogen-bond acceptors (Lipinski definition) is 4. The Morgan fingerprint density at radius 2 is 1.94 bits per heavy atom. The van der Waals surface area contributed by atoms with E-state index in [1.165, 1.54) is 11.8 Å². The molecule has 0 bridgehead atoms. The van der Waals surface area contributed by atoms with E-state index in [0.29, 0.717) is 10.8 Å². The number of anilines is 1. The van der Waals surface area contributed by atoms with Crippen molar-refractivity contribution in [1.29, 1.82) is 0 Å². The number of rotatable bonds is 4. The molecule has 1 aromatic carbocycles. The topological polar surface area (TPSA) is 54.9 Å². The second kappa shape index (κ2) is 6.37. The van der Waals surface area contributed by atoms with E-state index >= 15 is 0 Å². The first-order valence-corrected chi connectivity index (χ1v) is 6.54. The fourth-order valence-electron chi connectivity index (χ4n) is 1.28. The van der Waals surface area contributed by atoms with Crippen molar-refractivity contribution in [3.63, 3.8) is 0 Å². The van der Waals surface area contributed by atoms with Crippen molar-refractivity contribution in [2.75, 3.05) is 11.2 Å². The van der Waals surface area contributed by atoms with Gasteiger partial charge in [0.1, 0.15) is 5.88 Å². The van der Waals surface area contributed by atoms with E-state index in [1.54, 1.807) is 18.5 Å². The molecule has 2 aromatic rings. The zero-order valence-corrected chi connectivity index (χ0v) is 10.9. The number of hydrogen-bond donors (Lipinski definition) is 1. The summed E-state index contributed by atoms with van der Waals surface area (Å²) >= 11 is 6.86. The fraction of sp³-hybridized carbons (Fsp3) is 0.0833. The first-order valence-electron chi connectivity index (χ1n) is 5.19. The van der Waals surface area contributed by atoms with E-state index in [9.17, 15) is 4.79 Å². The molecule has 0 spiro atoms. The summed E-state index contributed by atoms with van der Waals surface area (Å²) in [6, 6.07) is 9.20. The van der Waals surface area contributed by atoms with E-state index in [4.69, 9.17) is 11.6 Å². The summed E-state index contributed by atoms with van der Waals surface area (Å²) in [6.07, 6.45) is 3.35. The summed E-state index contributed by atoms with van der Waals surface area (Å²) in [5.41, 5.74) is 0.709. The molecule has 1 N–H and O–H groups in total. The Labute approximate surface area is 114 Å². The highest BCUT2D eigenvalue weighted by atomic mass is 35.5. The van der Waals surface area contributed by atoms with Crippen molar-refractivity contribution in [3.05, 3.63) is 42.7 Å². The van der Waals surface area contributed by atoms with Crippen molar-refractivity contribution >= 4 is 35.0 Å². The molecular formula is C12H10ClN3OS. The quantitative estimate of drug-likeness (QED) is 0.691. The van der Waals surface area contributed by atoms with Crippen molar-refractivity contribution in [3.8, 4) is 0 Å². The van der Waals surface area contributed by atoms with Gasteiger partial charge < -0.3 is 5.32 Å². The highest BCUT2D eigenvalue weighted by Crippen LogP contribution is 2.30. The Morgan fingerprint density at radius 1 is 1.22 bits per heavy atom. The molecule has 92 valence electrons. The zero-order valence-electron chi connectivity index (χ0n) is 9.34. The van der Waals surface area contributed by atoms with Crippen molar-refractivity contribution < 1.29 is 4.79 Å². The zero-order chi connectivity index (χ0) is 12.8. The van der Waals surface area contributed by atoms with Crippen LogP contribution >= 0.6 is 23.4 Å². The van der Waals surface area contributed by atoms with Crippen LogP contribution in [0.2, 0.25) is 0 Å². The lowest BCUT2D eigenvalue weighted by Gasteiger charge is -2.08. The molecule has 0 saturated heterocycles. The third kappa shape index (κ3) is 3.45. The predicted molar refractivity (Wildman–Crippen MR) is 71.9 cm³/mol. The van der Waals surface area contributed by atoms with Crippen LogP contribution < -0.4 is 5.32 Å². The number of carbonyl (C=O) groups excluding carboxylic acids is 1. The Kier molecular flexibility index (Phi) is 4.55. The van der Waals surface area contributed by atoms with Gasteiger partial charge >= 0.3 is 0 Å². The summed E-state index contributed by atoms with van der Waals surface area (Å²) in [5, 5.41) is 3.36. The Hall–Kier alpha value is -1.59. The van der Waals surface area contributed by atoms with Gasteiger partial charge in [0.05, 0.1) is 5.69 Å². The monoisotopic (exact) mass is 279 g/mol. The van der Waals surface area contributed by atoms with Gasteiger partial charge in [0.2, 0.25) is 5.91 Å². The van der Waals surface area contributed by atoms with E-state index in [2.05, 4.69) is 15.3 Å². The van der Waals surface area contributed by atoms with Gasteiger partial charge in [0.15, 0.2) is 5.16 Å². The number of alkyl halides is 1. The van der Waals surface area contributed by atoms with Crippen molar-refractivity contribution in [2.24, 2.45) is 0 Å². The van der Waals surface area contributed by atoms with E-state index in [-0.39, 0.29) is 11.8 Å². The van der Waals surface area contributed by atoms with Crippen LogP contribution in [-0.2, 0) is 4.79 Å². The number of aromatic nitrogens is 2. The minimum absolute atomic E-state index is 0.0686. The number of halogens is 1. The first kappa shape index (κ1) is 12.9. The van der Waals surface area contributed by atoms with E-state index in [0.717, 1.165) is 4.90 Å². The maximum absolute atomic E-state index is 11.3. The van der Waals surface area contributed by atoms with Crippen LogP contribution in [0.3, 0.4) is 0 Å². The number of benzene rings is 1.